The highest BCUT2D eigenvalue weighted by Gasteiger charge is 2.50. The van der Waals surface area contributed by atoms with Gasteiger partial charge < -0.3 is 10.6 Å². The number of hydrogen-bond acceptors (Lipinski definition) is 2. The minimum absolute atomic E-state index is 0.0589. The minimum Gasteiger partial charge on any atom is -0.324 e. The summed E-state index contributed by atoms with van der Waals surface area (Å²) in [6, 6.07) is 0.856. The Kier molecular flexibility index (Phi) is 2.80. The molecular weight excluding hydrogens is 232 g/mol. The SMILES string of the molecule is CN(CC(C)(N)C1CC1)C1C2CC3CC(C2)CC1C3. The van der Waals surface area contributed by atoms with Gasteiger partial charge in [0.05, 0.1) is 0 Å². The van der Waals surface area contributed by atoms with Gasteiger partial charge in [-0.05, 0) is 88.5 Å². The van der Waals surface area contributed by atoms with E-state index in [1.165, 1.54) is 38.5 Å². The first-order chi connectivity index (χ1) is 9.03. The van der Waals surface area contributed by atoms with Gasteiger partial charge in [0.1, 0.15) is 0 Å². The molecule has 19 heavy (non-hydrogen) atoms. The lowest BCUT2D eigenvalue weighted by Crippen LogP contribution is -2.59. The van der Waals surface area contributed by atoms with Crippen molar-refractivity contribution in [1.29, 1.82) is 0 Å². The van der Waals surface area contributed by atoms with Crippen molar-refractivity contribution >= 4 is 0 Å². The fourth-order valence-corrected chi connectivity index (χ4v) is 6.13. The molecule has 5 aliphatic carbocycles. The second kappa shape index (κ2) is 4.21. The van der Waals surface area contributed by atoms with Gasteiger partial charge in [-0.1, -0.05) is 0 Å². The molecule has 0 aromatic carbocycles. The lowest BCUT2D eigenvalue weighted by Gasteiger charge is -2.57. The summed E-state index contributed by atoms with van der Waals surface area (Å²) in [5.41, 5.74) is 6.63. The molecule has 2 heteroatoms. The topological polar surface area (TPSA) is 29.3 Å². The Morgan fingerprint density at radius 3 is 2.00 bits per heavy atom. The van der Waals surface area contributed by atoms with Crippen molar-refractivity contribution in [2.75, 3.05) is 13.6 Å². The maximum Gasteiger partial charge on any atom is 0.0283 e. The molecule has 2 N–H and O–H groups in total. The molecule has 108 valence electrons. The van der Waals surface area contributed by atoms with Gasteiger partial charge in [0.25, 0.3) is 0 Å². The normalized spacial score (nSPS) is 47.7. The summed E-state index contributed by atoms with van der Waals surface area (Å²) < 4.78 is 0. The van der Waals surface area contributed by atoms with Crippen LogP contribution in [0.1, 0.15) is 51.9 Å². The standard InChI is InChI=1S/C17H30N2/c1-17(18,15-3-4-15)10-19(2)16-13-6-11-5-12(8-13)9-14(16)7-11/h11-16H,3-10,18H2,1-2H3. The zero-order valence-electron chi connectivity index (χ0n) is 12.6. The molecule has 2 nitrogen and oxygen atoms in total. The number of hydrogen-bond donors (Lipinski definition) is 1. The lowest BCUT2D eigenvalue weighted by atomic mass is 9.54. The average molecular weight is 262 g/mol. The third-order valence-corrected chi connectivity index (χ3v) is 6.79. The van der Waals surface area contributed by atoms with Crippen LogP contribution in [0.4, 0.5) is 0 Å². The van der Waals surface area contributed by atoms with E-state index in [9.17, 15) is 0 Å². The van der Waals surface area contributed by atoms with Gasteiger partial charge in [0.15, 0.2) is 0 Å². The molecule has 0 heterocycles. The highest BCUT2D eigenvalue weighted by atomic mass is 15.2. The first kappa shape index (κ1) is 12.6. The van der Waals surface area contributed by atoms with Crippen molar-refractivity contribution in [1.82, 2.24) is 4.90 Å². The van der Waals surface area contributed by atoms with E-state index in [1.54, 1.807) is 6.42 Å². The van der Waals surface area contributed by atoms with Gasteiger partial charge in [-0.3, -0.25) is 0 Å². The van der Waals surface area contributed by atoms with Crippen molar-refractivity contribution < 1.29 is 0 Å². The van der Waals surface area contributed by atoms with E-state index >= 15 is 0 Å². The number of nitrogens with two attached hydrogens (primary N) is 1. The van der Waals surface area contributed by atoms with Crippen LogP contribution in [0.15, 0.2) is 0 Å². The summed E-state index contributed by atoms with van der Waals surface area (Å²) in [5, 5.41) is 0. The third-order valence-electron chi connectivity index (χ3n) is 6.79. The second-order valence-electron chi connectivity index (χ2n) is 8.62. The Hall–Kier alpha value is -0.0800. The van der Waals surface area contributed by atoms with Crippen LogP contribution in [0.25, 0.3) is 0 Å². The number of likely N-dealkylation sites (N-methyl/N-ethyl adjacent to an activating group) is 1. The van der Waals surface area contributed by atoms with Crippen molar-refractivity contribution in [2.24, 2.45) is 35.3 Å². The molecule has 1 atom stereocenters. The van der Waals surface area contributed by atoms with Crippen LogP contribution >= 0.6 is 0 Å². The van der Waals surface area contributed by atoms with Gasteiger partial charge in [-0.25, -0.2) is 0 Å². The molecule has 0 saturated heterocycles. The molecule has 0 aliphatic heterocycles. The molecule has 5 fully saturated rings. The largest absolute Gasteiger partial charge is 0.324 e. The Labute approximate surface area is 118 Å². The highest BCUT2D eigenvalue weighted by molar-refractivity contribution is 5.04. The molecule has 4 bridgehead atoms. The van der Waals surface area contributed by atoms with E-state index in [1.807, 2.05) is 0 Å². The Bertz CT molecular complexity index is 330. The smallest absolute Gasteiger partial charge is 0.0283 e. The highest BCUT2D eigenvalue weighted by Crippen LogP contribution is 2.55. The molecule has 0 amide bonds. The summed E-state index contributed by atoms with van der Waals surface area (Å²) in [6.45, 7) is 3.40. The molecule has 1 unspecified atom stereocenters. The van der Waals surface area contributed by atoms with E-state index < -0.39 is 0 Å². The van der Waals surface area contributed by atoms with Gasteiger partial charge in [-0.15, -0.1) is 0 Å². The van der Waals surface area contributed by atoms with Crippen LogP contribution in [-0.2, 0) is 0 Å². The quantitative estimate of drug-likeness (QED) is 0.844. The summed E-state index contributed by atoms with van der Waals surface area (Å²) in [4.78, 5) is 2.67. The van der Waals surface area contributed by atoms with Gasteiger partial charge in [0, 0.05) is 18.1 Å². The van der Waals surface area contributed by atoms with Crippen LogP contribution in [0, 0.1) is 29.6 Å². The first-order valence-electron chi connectivity index (χ1n) is 8.52. The average Bonchev–Trinajstić information content (AvgIpc) is 3.09. The van der Waals surface area contributed by atoms with E-state index in [0.29, 0.717) is 0 Å². The molecule has 0 aromatic rings. The predicted molar refractivity (Wildman–Crippen MR) is 78.8 cm³/mol. The monoisotopic (exact) mass is 262 g/mol. The summed E-state index contributed by atoms with van der Waals surface area (Å²) >= 11 is 0. The zero-order valence-corrected chi connectivity index (χ0v) is 12.6. The predicted octanol–water partition coefficient (Wildman–Crippen LogP) is 2.87. The van der Waals surface area contributed by atoms with Gasteiger partial charge >= 0.3 is 0 Å². The summed E-state index contributed by atoms with van der Waals surface area (Å²) in [7, 11) is 2.36. The Morgan fingerprint density at radius 2 is 1.53 bits per heavy atom. The zero-order chi connectivity index (χ0) is 13.2. The summed E-state index contributed by atoms with van der Waals surface area (Å²) in [5.74, 6) is 4.96. The maximum atomic E-state index is 6.57. The fourth-order valence-electron chi connectivity index (χ4n) is 6.13. The molecule has 5 saturated carbocycles. The van der Waals surface area contributed by atoms with Gasteiger partial charge in [-0.2, -0.15) is 0 Å². The molecule has 0 aromatic heterocycles. The molecule has 5 aliphatic rings. The third kappa shape index (κ3) is 2.15. The van der Waals surface area contributed by atoms with Crippen LogP contribution in [-0.4, -0.2) is 30.1 Å². The Morgan fingerprint density at radius 1 is 1.00 bits per heavy atom. The number of nitrogens with zero attached hydrogens (tertiary/aromatic N) is 1. The lowest BCUT2D eigenvalue weighted by molar-refractivity contribution is -0.0623. The first-order valence-corrected chi connectivity index (χ1v) is 8.52. The van der Waals surface area contributed by atoms with E-state index in [-0.39, 0.29) is 5.54 Å². The van der Waals surface area contributed by atoms with Crippen molar-refractivity contribution in [3.05, 3.63) is 0 Å². The van der Waals surface area contributed by atoms with E-state index in [2.05, 4.69) is 18.9 Å². The molecular formula is C17H30N2. The summed E-state index contributed by atoms with van der Waals surface area (Å²) in [6.07, 6.45) is 10.4. The van der Waals surface area contributed by atoms with Crippen LogP contribution < -0.4 is 5.73 Å². The Balaban J connectivity index is 1.46. The number of rotatable bonds is 4. The minimum atomic E-state index is 0.0589. The van der Waals surface area contributed by atoms with Crippen molar-refractivity contribution in [2.45, 2.75) is 63.5 Å². The van der Waals surface area contributed by atoms with Crippen LogP contribution in [0.2, 0.25) is 0 Å². The second-order valence-corrected chi connectivity index (χ2v) is 8.62. The molecule has 0 radical (unpaired) electrons. The van der Waals surface area contributed by atoms with Crippen molar-refractivity contribution in [3.63, 3.8) is 0 Å². The van der Waals surface area contributed by atoms with E-state index in [0.717, 1.165) is 42.2 Å². The molecule has 5 rings (SSSR count). The van der Waals surface area contributed by atoms with Crippen LogP contribution in [0.3, 0.4) is 0 Å². The van der Waals surface area contributed by atoms with E-state index in [4.69, 9.17) is 5.73 Å². The molecule has 0 spiro atoms. The van der Waals surface area contributed by atoms with Crippen molar-refractivity contribution in [3.8, 4) is 0 Å². The van der Waals surface area contributed by atoms with Crippen LogP contribution in [0.5, 0.6) is 0 Å². The maximum absolute atomic E-state index is 6.57. The fraction of sp³-hybridized carbons (Fsp3) is 1.00. The van der Waals surface area contributed by atoms with Gasteiger partial charge in [0.2, 0.25) is 0 Å².